The van der Waals surface area contributed by atoms with Crippen LogP contribution < -0.4 is 14.8 Å². The summed E-state index contributed by atoms with van der Waals surface area (Å²) in [6.07, 6.45) is -2.65. The first-order valence-corrected chi connectivity index (χ1v) is 11.1. The molecular formula is C27H30F3NO2. The predicted octanol–water partition coefficient (Wildman–Crippen LogP) is 8.55. The van der Waals surface area contributed by atoms with Crippen LogP contribution in [0.1, 0.15) is 46.1 Å². The Balaban J connectivity index is 1.84. The van der Waals surface area contributed by atoms with Crippen molar-refractivity contribution in [2.75, 3.05) is 11.9 Å². The van der Waals surface area contributed by atoms with Crippen LogP contribution in [-0.4, -0.2) is 12.9 Å². The van der Waals surface area contributed by atoms with E-state index in [1.54, 1.807) is 12.1 Å². The number of halogens is 3. The van der Waals surface area contributed by atoms with Gasteiger partial charge in [-0.25, -0.2) is 0 Å². The second-order valence-corrected chi connectivity index (χ2v) is 8.94. The quantitative estimate of drug-likeness (QED) is 0.344. The highest BCUT2D eigenvalue weighted by atomic mass is 19.4. The molecule has 3 aromatic carbocycles. The Morgan fingerprint density at radius 3 is 1.97 bits per heavy atom. The van der Waals surface area contributed by atoms with E-state index in [0.717, 1.165) is 42.0 Å². The van der Waals surface area contributed by atoms with Gasteiger partial charge in [0.1, 0.15) is 11.5 Å². The lowest BCUT2D eigenvalue weighted by molar-refractivity contribution is -0.274. The standard InChI is InChI=1S/C27H30F3NO2/c1-5-6-17-31-24-18-20(19-7-12-23(13-8-19)33-27(28,29)30)9-16-25(24)32-22-14-10-21(11-15-22)26(2,3)4/h7-16,18,31H,5-6,17H2,1-4H3. The maximum absolute atomic E-state index is 12.4. The van der Waals surface area contributed by atoms with Gasteiger partial charge in [0, 0.05) is 6.54 Å². The van der Waals surface area contributed by atoms with Crippen LogP contribution in [0.5, 0.6) is 17.2 Å². The summed E-state index contributed by atoms with van der Waals surface area (Å²) in [5.41, 5.74) is 3.77. The van der Waals surface area contributed by atoms with E-state index < -0.39 is 6.36 Å². The van der Waals surface area contributed by atoms with Crippen molar-refractivity contribution in [3.8, 4) is 28.4 Å². The summed E-state index contributed by atoms with van der Waals surface area (Å²) in [5, 5.41) is 3.42. The molecule has 0 fully saturated rings. The van der Waals surface area contributed by atoms with Crippen molar-refractivity contribution < 1.29 is 22.6 Å². The molecule has 0 saturated carbocycles. The molecule has 3 nitrogen and oxygen atoms in total. The minimum Gasteiger partial charge on any atom is -0.455 e. The zero-order valence-electron chi connectivity index (χ0n) is 19.4. The number of nitrogens with one attached hydrogen (secondary N) is 1. The molecule has 0 aliphatic heterocycles. The Hall–Kier alpha value is -3.15. The monoisotopic (exact) mass is 457 g/mol. The number of hydrogen-bond donors (Lipinski definition) is 1. The molecule has 3 aromatic rings. The van der Waals surface area contributed by atoms with E-state index >= 15 is 0 Å². The van der Waals surface area contributed by atoms with Crippen molar-refractivity contribution in [3.05, 3.63) is 72.3 Å². The summed E-state index contributed by atoms with van der Waals surface area (Å²) in [6, 6.07) is 19.6. The van der Waals surface area contributed by atoms with E-state index in [2.05, 4.69) is 49.9 Å². The predicted molar refractivity (Wildman–Crippen MR) is 127 cm³/mol. The number of hydrogen-bond acceptors (Lipinski definition) is 3. The van der Waals surface area contributed by atoms with E-state index in [-0.39, 0.29) is 11.2 Å². The molecule has 6 heteroatoms. The third kappa shape index (κ3) is 7.17. The maximum Gasteiger partial charge on any atom is 0.573 e. The van der Waals surface area contributed by atoms with E-state index in [4.69, 9.17) is 4.74 Å². The number of anilines is 1. The molecule has 0 heterocycles. The van der Waals surface area contributed by atoms with Gasteiger partial charge in [-0.05, 0) is 64.9 Å². The largest absolute Gasteiger partial charge is 0.573 e. The first kappa shape index (κ1) is 24.5. The fourth-order valence-electron chi connectivity index (χ4n) is 3.34. The molecule has 176 valence electrons. The number of benzene rings is 3. The van der Waals surface area contributed by atoms with Crippen LogP contribution in [0.15, 0.2) is 66.7 Å². The van der Waals surface area contributed by atoms with Crippen LogP contribution in [0, 0.1) is 0 Å². The summed E-state index contributed by atoms with van der Waals surface area (Å²) < 4.78 is 47.4. The van der Waals surface area contributed by atoms with Crippen LogP contribution in [0.25, 0.3) is 11.1 Å². The van der Waals surface area contributed by atoms with Gasteiger partial charge in [0.05, 0.1) is 5.69 Å². The number of unbranched alkanes of at least 4 members (excludes halogenated alkanes) is 1. The minimum atomic E-state index is -4.71. The van der Waals surface area contributed by atoms with Gasteiger partial charge < -0.3 is 14.8 Å². The molecule has 0 amide bonds. The average molecular weight is 458 g/mol. The van der Waals surface area contributed by atoms with Crippen molar-refractivity contribution in [1.29, 1.82) is 0 Å². The topological polar surface area (TPSA) is 30.5 Å². The van der Waals surface area contributed by atoms with Gasteiger partial charge >= 0.3 is 6.36 Å². The van der Waals surface area contributed by atoms with E-state index in [0.29, 0.717) is 5.75 Å². The molecule has 0 atom stereocenters. The highest BCUT2D eigenvalue weighted by molar-refractivity contribution is 5.72. The molecule has 0 aliphatic rings. The van der Waals surface area contributed by atoms with Crippen LogP contribution in [0.4, 0.5) is 18.9 Å². The van der Waals surface area contributed by atoms with Crippen LogP contribution in [0.2, 0.25) is 0 Å². The zero-order chi connectivity index (χ0) is 24.1. The first-order valence-electron chi connectivity index (χ1n) is 11.1. The molecule has 0 radical (unpaired) electrons. The fourth-order valence-corrected chi connectivity index (χ4v) is 3.34. The summed E-state index contributed by atoms with van der Waals surface area (Å²) in [5.74, 6) is 1.18. The van der Waals surface area contributed by atoms with Gasteiger partial charge in [-0.1, -0.05) is 64.4 Å². The number of alkyl halides is 3. The highest BCUT2D eigenvalue weighted by Gasteiger charge is 2.31. The fraction of sp³-hybridized carbons (Fsp3) is 0.333. The maximum atomic E-state index is 12.4. The Bertz CT molecular complexity index is 1040. The third-order valence-electron chi connectivity index (χ3n) is 5.19. The second kappa shape index (κ2) is 10.2. The third-order valence-corrected chi connectivity index (χ3v) is 5.19. The Kier molecular flexibility index (Phi) is 7.57. The van der Waals surface area contributed by atoms with Gasteiger partial charge in [0.2, 0.25) is 0 Å². The van der Waals surface area contributed by atoms with E-state index in [1.807, 2.05) is 30.3 Å². The smallest absolute Gasteiger partial charge is 0.455 e. The summed E-state index contributed by atoms with van der Waals surface area (Å²) in [7, 11) is 0. The lowest BCUT2D eigenvalue weighted by atomic mass is 9.87. The van der Waals surface area contributed by atoms with Crippen LogP contribution in [-0.2, 0) is 5.41 Å². The molecule has 0 aromatic heterocycles. The van der Waals surface area contributed by atoms with Gasteiger partial charge in [-0.2, -0.15) is 0 Å². The lowest BCUT2D eigenvalue weighted by Gasteiger charge is -2.19. The SMILES string of the molecule is CCCCNc1cc(-c2ccc(OC(F)(F)F)cc2)ccc1Oc1ccc(C(C)(C)C)cc1. The van der Waals surface area contributed by atoms with Crippen LogP contribution in [0.3, 0.4) is 0 Å². The average Bonchev–Trinajstić information content (AvgIpc) is 2.74. The summed E-state index contributed by atoms with van der Waals surface area (Å²) >= 11 is 0. The highest BCUT2D eigenvalue weighted by Crippen LogP contribution is 2.35. The van der Waals surface area contributed by atoms with Gasteiger partial charge in [-0.15, -0.1) is 13.2 Å². The van der Waals surface area contributed by atoms with Gasteiger partial charge in [0.25, 0.3) is 0 Å². The first-order chi connectivity index (χ1) is 15.5. The summed E-state index contributed by atoms with van der Waals surface area (Å²) in [6.45, 7) is 9.41. The Morgan fingerprint density at radius 2 is 1.39 bits per heavy atom. The Morgan fingerprint density at radius 1 is 0.788 bits per heavy atom. The Labute approximate surface area is 193 Å². The molecule has 1 N–H and O–H groups in total. The molecule has 0 bridgehead atoms. The van der Waals surface area contributed by atoms with Gasteiger partial charge in [0.15, 0.2) is 5.75 Å². The van der Waals surface area contributed by atoms with E-state index in [9.17, 15) is 13.2 Å². The normalized spacial score (nSPS) is 11.8. The van der Waals surface area contributed by atoms with Crippen molar-refractivity contribution in [2.24, 2.45) is 0 Å². The van der Waals surface area contributed by atoms with Crippen LogP contribution >= 0.6 is 0 Å². The zero-order valence-corrected chi connectivity index (χ0v) is 19.4. The van der Waals surface area contributed by atoms with Crippen molar-refractivity contribution in [1.82, 2.24) is 0 Å². The summed E-state index contributed by atoms with van der Waals surface area (Å²) in [4.78, 5) is 0. The molecular weight excluding hydrogens is 427 g/mol. The van der Waals surface area contributed by atoms with Gasteiger partial charge in [-0.3, -0.25) is 0 Å². The van der Waals surface area contributed by atoms with Crippen molar-refractivity contribution in [2.45, 2.75) is 52.3 Å². The second-order valence-electron chi connectivity index (χ2n) is 8.94. The molecule has 0 spiro atoms. The molecule has 0 aliphatic carbocycles. The molecule has 0 unspecified atom stereocenters. The molecule has 0 saturated heterocycles. The molecule has 33 heavy (non-hydrogen) atoms. The number of ether oxygens (including phenoxy) is 2. The van der Waals surface area contributed by atoms with Crippen molar-refractivity contribution >= 4 is 5.69 Å². The molecule has 3 rings (SSSR count). The van der Waals surface area contributed by atoms with Crippen molar-refractivity contribution in [3.63, 3.8) is 0 Å². The lowest BCUT2D eigenvalue weighted by Crippen LogP contribution is -2.16. The van der Waals surface area contributed by atoms with E-state index in [1.165, 1.54) is 17.7 Å². The minimum absolute atomic E-state index is 0.0632. The number of rotatable bonds is 8.